The maximum Gasteiger partial charge on any atom is 0.168 e. The van der Waals surface area contributed by atoms with Gasteiger partial charge in [-0.2, -0.15) is 0 Å². The van der Waals surface area contributed by atoms with Gasteiger partial charge < -0.3 is 9.47 Å². The number of hydrogen-bond acceptors (Lipinski definition) is 3. The third kappa shape index (κ3) is 6.68. The van der Waals surface area contributed by atoms with Crippen molar-refractivity contribution >= 4 is 12.4 Å². The molecule has 170 valence electrons. The molecule has 1 atom stereocenters. The third-order valence-corrected chi connectivity index (χ3v) is 5.65. The Balaban J connectivity index is 0.00000289. The molecule has 4 rings (SSSR count). The van der Waals surface area contributed by atoms with E-state index in [1.54, 1.807) is 18.2 Å². The van der Waals surface area contributed by atoms with Crippen molar-refractivity contribution < 1.29 is 18.3 Å². The SMILES string of the molecule is Cl.Fc1ccccc1CC1CCN(CCOc2ccc(OCc3ccccc3)c(F)c2)C1. The molecule has 0 aromatic heterocycles. The molecular weight excluding hydrogens is 432 g/mol. The van der Waals surface area contributed by atoms with Crippen LogP contribution in [0.25, 0.3) is 0 Å². The lowest BCUT2D eigenvalue weighted by Gasteiger charge is -2.17. The molecule has 3 nitrogen and oxygen atoms in total. The molecule has 0 N–H and O–H groups in total. The van der Waals surface area contributed by atoms with Crippen LogP contribution in [-0.2, 0) is 13.0 Å². The average Bonchev–Trinajstić information content (AvgIpc) is 3.23. The fourth-order valence-electron chi connectivity index (χ4n) is 3.97. The highest BCUT2D eigenvalue weighted by Gasteiger charge is 2.23. The smallest absolute Gasteiger partial charge is 0.168 e. The van der Waals surface area contributed by atoms with Crippen LogP contribution in [0.2, 0.25) is 0 Å². The van der Waals surface area contributed by atoms with Crippen molar-refractivity contribution in [2.75, 3.05) is 26.2 Å². The van der Waals surface area contributed by atoms with E-state index in [4.69, 9.17) is 9.47 Å². The van der Waals surface area contributed by atoms with E-state index in [1.165, 1.54) is 12.1 Å². The van der Waals surface area contributed by atoms with E-state index in [0.717, 1.165) is 43.6 Å². The molecule has 1 unspecified atom stereocenters. The first kappa shape index (κ1) is 24.0. The van der Waals surface area contributed by atoms with Crippen molar-refractivity contribution in [2.24, 2.45) is 5.92 Å². The second kappa shape index (κ2) is 11.8. The molecule has 1 fully saturated rings. The van der Waals surface area contributed by atoms with Crippen LogP contribution in [0.4, 0.5) is 8.78 Å². The monoisotopic (exact) mass is 459 g/mol. The number of rotatable bonds is 9. The predicted molar refractivity (Wildman–Crippen MR) is 125 cm³/mol. The van der Waals surface area contributed by atoms with E-state index in [0.29, 0.717) is 24.9 Å². The number of ether oxygens (including phenoxy) is 2. The van der Waals surface area contributed by atoms with Gasteiger partial charge >= 0.3 is 0 Å². The van der Waals surface area contributed by atoms with Crippen LogP contribution in [-0.4, -0.2) is 31.1 Å². The topological polar surface area (TPSA) is 21.7 Å². The highest BCUT2D eigenvalue weighted by molar-refractivity contribution is 5.85. The molecule has 0 amide bonds. The van der Waals surface area contributed by atoms with Gasteiger partial charge in [0.1, 0.15) is 24.8 Å². The third-order valence-electron chi connectivity index (χ3n) is 5.65. The van der Waals surface area contributed by atoms with Crippen LogP contribution >= 0.6 is 12.4 Å². The number of benzene rings is 3. The van der Waals surface area contributed by atoms with Gasteiger partial charge in [-0.25, -0.2) is 8.78 Å². The Kier molecular flexibility index (Phi) is 8.89. The normalized spacial score (nSPS) is 15.9. The summed E-state index contributed by atoms with van der Waals surface area (Å²) in [4.78, 5) is 2.32. The van der Waals surface area contributed by atoms with Gasteiger partial charge in [0.25, 0.3) is 0 Å². The molecule has 0 spiro atoms. The zero-order valence-electron chi connectivity index (χ0n) is 17.9. The summed E-state index contributed by atoms with van der Waals surface area (Å²) in [6.07, 6.45) is 1.82. The molecule has 3 aromatic rings. The molecule has 1 aliphatic heterocycles. The molecule has 0 saturated carbocycles. The Hall–Kier alpha value is -2.63. The van der Waals surface area contributed by atoms with E-state index in [9.17, 15) is 8.78 Å². The molecule has 0 aliphatic carbocycles. The van der Waals surface area contributed by atoms with Crippen LogP contribution < -0.4 is 9.47 Å². The van der Waals surface area contributed by atoms with Crippen molar-refractivity contribution in [3.8, 4) is 11.5 Å². The van der Waals surface area contributed by atoms with Gasteiger partial charge in [0, 0.05) is 19.2 Å². The zero-order chi connectivity index (χ0) is 21.5. The Morgan fingerprint density at radius 3 is 2.44 bits per heavy atom. The van der Waals surface area contributed by atoms with Crippen LogP contribution in [0.15, 0.2) is 72.8 Å². The van der Waals surface area contributed by atoms with Gasteiger partial charge in [0.05, 0.1) is 0 Å². The van der Waals surface area contributed by atoms with Gasteiger partial charge in [-0.1, -0.05) is 48.5 Å². The van der Waals surface area contributed by atoms with E-state index in [1.807, 2.05) is 42.5 Å². The van der Waals surface area contributed by atoms with Gasteiger partial charge in [-0.05, 0) is 54.6 Å². The van der Waals surface area contributed by atoms with Gasteiger partial charge in [0.15, 0.2) is 11.6 Å². The Morgan fingerprint density at radius 2 is 1.66 bits per heavy atom. The summed E-state index contributed by atoms with van der Waals surface area (Å²) in [5, 5.41) is 0. The summed E-state index contributed by atoms with van der Waals surface area (Å²) in [7, 11) is 0. The van der Waals surface area contributed by atoms with Crippen molar-refractivity contribution in [3.63, 3.8) is 0 Å². The van der Waals surface area contributed by atoms with Crippen molar-refractivity contribution in [2.45, 2.75) is 19.4 Å². The molecule has 0 bridgehead atoms. The first-order chi connectivity index (χ1) is 15.2. The lowest BCUT2D eigenvalue weighted by Crippen LogP contribution is -2.26. The lowest BCUT2D eigenvalue weighted by atomic mass is 9.98. The molecule has 1 heterocycles. The largest absolute Gasteiger partial charge is 0.492 e. The minimum Gasteiger partial charge on any atom is -0.492 e. The predicted octanol–water partition coefficient (Wildman–Crippen LogP) is 5.91. The molecule has 6 heteroatoms. The second-order valence-corrected chi connectivity index (χ2v) is 7.97. The molecular formula is C26H28ClF2NO2. The maximum absolute atomic E-state index is 14.3. The number of hydrogen-bond donors (Lipinski definition) is 0. The fourth-order valence-corrected chi connectivity index (χ4v) is 3.97. The molecule has 1 saturated heterocycles. The fraction of sp³-hybridized carbons (Fsp3) is 0.308. The van der Waals surface area contributed by atoms with Gasteiger partial charge in [-0.3, -0.25) is 4.90 Å². The highest BCUT2D eigenvalue weighted by Crippen LogP contribution is 2.25. The summed E-state index contributed by atoms with van der Waals surface area (Å²) in [6, 6.07) is 21.4. The molecule has 32 heavy (non-hydrogen) atoms. The van der Waals surface area contributed by atoms with Crippen molar-refractivity contribution in [1.29, 1.82) is 0 Å². The lowest BCUT2D eigenvalue weighted by molar-refractivity contribution is 0.231. The summed E-state index contributed by atoms with van der Waals surface area (Å²) in [5.41, 5.74) is 1.77. The van der Waals surface area contributed by atoms with Crippen LogP contribution in [0.1, 0.15) is 17.5 Å². The number of likely N-dealkylation sites (tertiary alicyclic amines) is 1. The second-order valence-electron chi connectivity index (χ2n) is 7.97. The van der Waals surface area contributed by atoms with E-state index in [-0.39, 0.29) is 24.0 Å². The van der Waals surface area contributed by atoms with Crippen molar-refractivity contribution in [3.05, 3.63) is 95.6 Å². The quantitative estimate of drug-likeness (QED) is 0.397. The van der Waals surface area contributed by atoms with Crippen molar-refractivity contribution in [1.82, 2.24) is 4.90 Å². The summed E-state index contributed by atoms with van der Waals surface area (Å²) in [5.74, 6) is 0.607. The van der Waals surface area contributed by atoms with Crippen LogP contribution in [0.3, 0.4) is 0 Å². The average molecular weight is 460 g/mol. The summed E-state index contributed by atoms with van der Waals surface area (Å²) >= 11 is 0. The number of halogens is 3. The van der Waals surface area contributed by atoms with E-state index >= 15 is 0 Å². The zero-order valence-corrected chi connectivity index (χ0v) is 18.7. The molecule has 0 radical (unpaired) electrons. The number of nitrogens with zero attached hydrogens (tertiary/aromatic N) is 1. The van der Waals surface area contributed by atoms with Gasteiger partial charge in [0.2, 0.25) is 0 Å². The molecule has 1 aliphatic rings. The first-order valence-corrected chi connectivity index (χ1v) is 10.7. The van der Waals surface area contributed by atoms with E-state index < -0.39 is 5.82 Å². The molecule has 3 aromatic carbocycles. The standard InChI is InChI=1S/C26H27F2NO2.ClH/c27-24-9-5-4-8-22(24)16-21-12-13-29(18-21)14-15-30-23-10-11-26(25(28)17-23)31-19-20-6-2-1-3-7-20;/h1-11,17,21H,12-16,18-19H2;1H. The minimum atomic E-state index is -0.431. The van der Waals surface area contributed by atoms with E-state index in [2.05, 4.69) is 4.90 Å². The highest BCUT2D eigenvalue weighted by atomic mass is 35.5. The Labute approximate surface area is 194 Å². The van der Waals surface area contributed by atoms with Crippen LogP contribution in [0.5, 0.6) is 11.5 Å². The Bertz CT molecular complexity index is 987. The Morgan fingerprint density at radius 1 is 0.875 bits per heavy atom. The minimum absolute atomic E-state index is 0. The first-order valence-electron chi connectivity index (χ1n) is 10.7. The summed E-state index contributed by atoms with van der Waals surface area (Å²) < 4.78 is 39.5. The van der Waals surface area contributed by atoms with Crippen LogP contribution in [0, 0.1) is 17.6 Å². The summed E-state index contributed by atoms with van der Waals surface area (Å²) in [6.45, 7) is 3.47. The maximum atomic E-state index is 14.3. The van der Waals surface area contributed by atoms with Gasteiger partial charge in [-0.15, -0.1) is 12.4 Å².